The minimum Gasteiger partial charge on any atom is -0.338 e. The smallest absolute Gasteiger partial charge is 0.222 e. The fourth-order valence-electron chi connectivity index (χ4n) is 2.64. The van der Waals surface area contributed by atoms with Crippen LogP contribution in [0.4, 0.5) is 0 Å². The Morgan fingerprint density at radius 3 is 2.74 bits per heavy atom. The number of hydrogen-bond acceptors (Lipinski definition) is 2. The fraction of sp³-hybridized carbons (Fsp3) is 0.533. The highest BCUT2D eigenvalue weighted by molar-refractivity contribution is 5.85. The molecule has 4 heteroatoms. The molecule has 1 atom stereocenters. The van der Waals surface area contributed by atoms with Crippen molar-refractivity contribution in [2.24, 2.45) is 5.73 Å². The molecule has 1 aromatic carbocycles. The standard InChI is InChI=1S/C15H22N2O.ClH/c16-12-14-9-5-11-17(14)15(18)10-4-8-13-6-2-1-3-7-13;/h1-3,6-7,14H,4-5,8-12,16H2;1H. The van der Waals surface area contributed by atoms with Gasteiger partial charge in [0.15, 0.2) is 0 Å². The Bertz CT molecular complexity index is 383. The van der Waals surface area contributed by atoms with E-state index >= 15 is 0 Å². The third-order valence-corrected chi connectivity index (χ3v) is 3.67. The number of carbonyl (C=O) groups excluding carboxylic acids is 1. The number of carbonyl (C=O) groups is 1. The molecule has 2 rings (SSSR count). The molecule has 1 aliphatic heterocycles. The van der Waals surface area contributed by atoms with Gasteiger partial charge in [0.2, 0.25) is 5.91 Å². The van der Waals surface area contributed by atoms with Gasteiger partial charge >= 0.3 is 0 Å². The van der Waals surface area contributed by atoms with Gasteiger partial charge in [-0.15, -0.1) is 12.4 Å². The van der Waals surface area contributed by atoms with Gasteiger partial charge in [0.05, 0.1) is 0 Å². The van der Waals surface area contributed by atoms with Crippen molar-refractivity contribution >= 4 is 18.3 Å². The quantitative estimate of drug-likeness (QED) is 0.901. The Labute approximate surface area is 121 Å². The fourth-order valence-corrected chi connectivity index (χ4v) is 2.64. The maximum absolute atomic E-state index is 12.1. The lowest BCUT2D eigenvalue weighted by atomic mass is 10.1. The van der Waals surface area contributed by atoms with E-state index in [9.17, 15) is 4.79 Å². The van der Waals surface area contributed by atoms with Crippen LogP contribution < -0.4 is 5.73 Å². The molecule has 0 saturated carbocycles. The molecule has 3 nitrogen and oxygen atoms in total. The summed E-state index contributed by atoms with van der Waals surface area (Å²) < 4.78 is 0. The molecule has 1 aliphatic rings. The highest BCUT2D eigenvalue weighted by Crippen LogP contribution is 2.18. The summed E-state index contributed by atoms with van der Waals surface area (Å²) in [6.07, 6.45) is 4.73. The first kappa shape index (κ1) is 16.0. The van der Waals surface area contributed by atoms with Crippen molar-refractivity contribution < 1.29 is 4.79 Å². The van der Waals surface area contributed by atoms with Crippen LogP contribution in [-0.2, 0) is 11.2 Å². The molecular formula is C15H23ClN2O. The van der Waals surface area contributed by atoms with Crippen LogP contribution in [0.1, 0.15) is 31.2 Å². The van der Waals surface area contributed by atoms with Crippen LogP contribution in [0, 0.1) is 0 Å². The number of nitrogens with zero attached hydrogens (tertiary/aromatic N) is 1. The molecule has 106 valence electrons. The summed E-state index contributed by atoms with van der Waals surface area (Å²) in [5, 5.41) is 0. The Balaban J connectivity index is 0.00000180. The molecule has 1 fully saturated rings. The highest BCUT2D eigenvalue weighted by Gasteiger charge is 2.26. The van der Waals surface area contributed by atoms with Crippen molar-refractivity contribution in [2.45, 2.75) is 38.1 Å². The third-order valence-electron chi connectivity index (χ3n) is 3.67. The first-order valence-corrected chi connectivity index (χ1v) is 6.84. The van der Waals surface area contributed by atoms with Gasteiger partial charge < -0.3 is 10.6 Å². The second-order valence-corrected chi connectivity index (χ2v) is 4.96. The maximum atomic E-state index is 12.1. The largest absolute Gasteiger partial charge is 0.338 e. The number of likely N-dealkylation sites (tertiary alicyclic amines) is 1. The van der Waals surface area contributed by atoms with Gasteiger partial charge in [-0.3, -0.25) is 4.79 Å². The van der Waals surface area contributed by atoms with E-state index in [0.717, 1.165) is 32.2 Å². The van der Waals surface area contributed by atoms with Crippen molar-refractivity contribution in [3.8, 4) is 0 Å². The van der Waals surface area contributed by atoms with Crippen LogP contribution in [0.2, 0.25) is 0 Å². The van der Waals surface area contributed by atoms with Crippen LogP contribution in [0.3, 0.4) is 0 Å². The number of nitrogens with two attached hydrogens (primary N) is 1. The predicted molar refractivity (Wildman–Crippen MR) is 80.4 cm³/mol. The molecule has 0 radical (unpaired) electrons. The van der Waals surface area contributed by atoms with E-state index in [-0.39, 0.29) is 24.4 Å². The second-order valence-electron chi connectivity index (χ2n) is 4.96. The topological polar surface area (TPSA) is 46.3 Å². The van der Waals surface area contributed by atoms with Gasteiger partial charge in [-0.25, -0.2) is 0 Å². The second kappa shape index (κ2) is 8.18. The van der Waals surface area contributed by atoms with Crippen molar-refractivity contribution in [1.82, 2.24) is 4.90 Å². The lowest BCUT2D eigenvalue weighted by molar-refractivity contribution is -0.131. The number of amides is 1. The molecule has 1 aromatic rings. The summed E-state index contributed by atoms with van der Waals surface area (Å²) in [6, 6.07) is 10.6. The molecule has 0 aromatic heterocycles. The zero-order valence-electron chi connectivity index (χ0n) is 11.3. The average Bonchev–Trinajstić information content (AvgIpc) is 2.88. The van der Waals surface area contributed by atoms with Gasteiger partial charge in [0.1, 0.15) is 0 Å². The third kappa shape index (κ3) is 4.51. The molecule has 0 aliphatic carbocycles. The zero-order chi connectivity index (χ0) is 12.8. The van der Waals surface area contributed by atoms with Crippen LogP contribution >= 0.6 is 12.4 Å². The van der Waals surface area contributed by atoms with Gasteiger partial charge in [0.25, 0.3) is 0 Å². The predicted octanol–water partition coefficient (Wildman–Crippen LogP) is 2.38. The van der Waals surface area contributed by atoms with Crippen molar-refractivity contribution in [1.29, 1.82) is 0 Å². The van der Waals surface area contributed by atoms with E-state index < -0.39 is 0 Å². The monoisotopic (exact) mass is 282 g/mol. The van der Waals surface area contributed by atoms with E-state index in [0.29, 0.717) is 13.0 Å². The molecule has 19 heavy (non-hydrogen) atoms. The normalized spacial score (nSPS) is 18.2. The van der Waals surface area contributed by atoms with Gasteiger partial charge in [-0.2, -0.15) is 0 Å². The van der Waals surface area contributed by atoms with E-state index in [4.69, 9.17) is 5.73 Å². The molecule has 0 bridgehead atoms. The lowest BCUT2D eigenvalue weighted by Gasteiger charge is -2.23. The number of rotatable bonds is 5. The average molecular weight is 283 g/mol. The molecule has 1 unspecified atom stereocenters. The Morgan fingerprint density at radius 2 is 2.05 bits per heavy atom. The number of halogens is 1. The summed E-state index contributed by atoms with van der Waals surface area (Å²) in [6.45, 7) is 1.50. The highest BCUT2D eigenvalue weighted by atomic mass is 35.5. The molecule has 2 N–H and O–H groups in total. The van der Waals surface area contributed by atoms with Crippen LogP contribution in [-0.4, -0.2) is 29.9 Å². The van der Waals surface area contributed by atoms with E-state index in [1.54, 1.807) is 0 Å². The SMILES string of the molecule is Cl.NCC1CCCN1C(=O)CCCc1ccccc1. The maximum Gasteiger partial charge on any atom is 0.222 e. The van der Waals surface area contributed by atoms with Crippen molar-refractivity contribution in [3.05, 3.63) is 35.9 Å². The minimum atomic E-state index is 0. The molecule has 1 saturated heterocycles. The molecular weight excluding hydrogens is 260 g/mol. The van der Waals surface area contributed by atoms with E-state index in [1.165, 1.54) is 5.56 Å². The molecule has 1 heterocycles. The Hall–Kier alpha value is -1.06. The number of aryl methyl sites for hydroxylation is 1. The first-order valence-electron chi connectivity index (χ1n) is 6.84. The van der Waals surface area contributed by atoms with E-state index in [2.05, 4.69) is 12.1 Å². The van der Waals surface area contributed by atoms with Crippen LogP contribution in [0.5, 0.6) is 0 Å². The zero-order valence-corrected chi connectivity index (χ0v) is 12.1. The lowest BCUT2D eigenvalue weighted by Crippen LogP contribution is -2.39. The Kier molecular flexibility index (Phi) is 6.89. The van der Waals surface area contributed by atoms with Crippen LogP contribution in [0.15, 0.2) is 30.3 Å². The van der Waals surface area contributed by atoms with E-state index in [1.807, 2.05) is 23.1 Å². The minimum absolute atomic E-state index is 0. The van der Waals surface area contributed by atoms with Crippen molar-refractivity contribution in [2.75, 3.05) is 13.1 Å². The molecule has 1 amide bonds. The summed E-state index contributed by atoms with van der Waals surface area (Å²) in [5.74, 6) is 0.277. The van der Waals surface area contributed by atoms with Crippen molar-refractivity contribution in [3.63, 3.8) is 0 Å². The number of hydrogen-bond donors (Lipinski definition) is 1. The summed E-state index contributed by atoms with van der Waals surface area (Å²) >= 11 is 0. The summed E-state index contributed by atoms with van der Waals surface area (Å²) in [5.41, 5.74) is 7.00. The molecule has 0 spiro atoms. The number of benzene rings is 1. The first-order chi connectivity index (χ1) is 8.81. The van der Waals surface area contributed by atoms with Gasteiger partial charge in [-0.1, -0.05) is 30.3 Å². The van der Waals surface area contributed by atoms with Crippen LogP contribution in [0.25, 0.3) is 0 Å². The summed E-state index contributed by atoms with van der Waals surface area (Å²) in [7, 11) is 0. The van der Waals surface area contributed by atoms with Gasteiger partial charge in [0, 0.05) is 25.6 Å². The summed E-state index contributed by atoms with van der Waals surface area (Å²) in [4.78, 5) is 14.1. The Morgan fingerprint density at radius 1 is 1.32 bits per heavy atom. The van der Waals surface area contributed by atoms with Gasteiger partial charge in [-0.05, 0) is 31.2 Å².